The van der Waals surface area contributed by atoms with Gasteiger partial charge in [-0.25, -0.2) is 4.79 Å². The Hall–Kier alpha value is -3.98. The molecular formula is C22H15N3O5S. The molecule has 0 spiro atoms. The number of hydrogen-bond acceptors (Lipinski definition) is 7. The largest absolute Gasteiger partial charge is 0.423 e. The van der Waals surface area contributed by atoms with Crippen LogP contribution in [0.5, 0.6) is 5.75 Å². The second kappa shape index (κ2) is 8.41. The first-order chi connectivity index (χ1) is 14.9. The number of carbonyl (C=O) groups excluding carboxylic acids is 4. The van der Waals surface area contributed by atoms with E-state index in [2.05, 4.69) is 10.4 Å². The van der Waals surface area contributed by atoms with E-state index < -0.39 is 17.1 Å². The molecule has 2 aliphatic heterocycles. The molecule has 1 N–H and O–H groups in total. The van der Waals surface area contributed by atoms with Crippen molar-refractivity contribution in [3.63, 3.8) is 0 Å². The first-order valence-corrected chi connectivity index (χ1v) is 9.96. The van der Waals surface area contributed by atoms with Crippen molar-refractivity contribution in [1.29, 1.82) is 0 Å². The Morgan fingerprint density at radius 1 is 1.06 bits per heavy atom. The van der Waals surface area contributed by atoms with Gasteiger partial charge < -0.3 is 4.74 Å². The van der Waals surface area contributed by atoms with Crippen molar-refractivity contribution in [3.05, 3.63) is 76.7 Å². The number of thioether (sulfide) groups is 1. The fraction of sp³-hybridized carbons (Fsp3) is 0.0455. The van der Waals surface area contributed by atoms with Gasteiger partial charge in [-0.3, -0.25) is 19.7 Å². The normalized spacial score (nSPS) is 18.5. The number of esters is 1. The third-order valence-corrected chi connectivity index (χ3v) is 5.17. The van der Waals surface area contributed by atoms with Gasteiger partial charge >= 0.3 is 5.97 Å². The Kier molecular flexibility index (Phi) is 5.50. The molecule has 8 nitrogen and oxygen atoms in total. The molecule has 9 heteroatoms. The summed E-state index contributed by atoms with van der Waals surface area (Å²) in [5.41, 5.74) is 2.47. The highest BCUT2D eigenvalue weighted by molar-refractivity contribution is 8.18. The van der Waals surface area contributed by atoms with Gasteiger partial charge in [-0.15, -0.1) is 0 Å². The molecule has 2 aliphatic rings. The van der Waals surface area contributed by atoms with Gasteiger partial charge in [0.1, 0.15) is 5.75 Å². The predicted octanol–water partition coefficient (Wildman–Crippen LogP) is 3.27. The van der Waals surface area contributed by atoms with E-state index in [0.717, 1.165) is 11.6 Å². The lowest BCUT2D eigenvalue weighted by molar-refractivity contribution is -0.129. The van der Waals surface area contributed by atoms with E-state index in [1.54, 1.807) is 49.4 Å². The van der Waals surface area contributed by atoms with E-state index in [4.69, 9.17) is 4.74 Å². The summed E-state index contributed by atoms with van der Waals surface area (Å²) in [4.78, 5) is 47.3. The maximum absolute atomic E-state index is 12.8. The summed E-state index contributed by atoms with van der Waals surface area (Å²) in [5, 5.41) is 7.21. The summed E-state index contributed by atoms with van der Waals surface area (Å²) in [6.07, 6.45) is 2.68. The topological polar surface area (TPSA) is 105 Å². The number of benzene rings is 2. The van der Waals surface area contributed by atoms with Crippen molar-refractivity contribution in [2.45, 2.75) is 6.92 Å². The Morgan fingerprint density at radius 3 is 2.42 bits per heavy atom. The molecule has 31 heavy (non-hydrogen) atoms. The number of anilines is 1. The number of nitrogens with one attached hydrogen (secondary N) is 1. The number of para-hydroxylation sites is 1. The number of hydrogen-bond donors (Lipinski definition) is 1. The fourth-order valence-corrected chi connectivity index (χ4v) is 3.54. The van der Waals surface area contributed by atoms with Crippen LogP contribution in [0.2, 0.25) is 0 Å². The zero-order valence-electron chi connectivity index (χ0n) is 16.2. The first-order valence-electron chi connectivity index (χ1n) is 9.14. The van der Waals surface area contributed by atoms with Crippen LogP contribution < -0.4 is 15.1 Å². The average molecular weight is 433 g/mol. The molecule has 3 amide bonds. The summed E-state index contributed by atoms with van der Waals surface area (Å²) >= 11 is 0.637. The Balaban J connectivity index is 1.46. The van der Waals surface area contributed by atoms with E-state index >= 15 is 0 Å². The summed E-state index contributed by atoms with van der Waals surface area (Å²) in [5.74, 6) is -1.37. The van der Waals surface area contributed by atoms with Gasteiger partial charge in [0.25, 0.3) is 17.1 Å². The predicted molar refractivity (Wildman–Crippen MR) is 116 cm³/mol. The van der Waals surface area contributed by atoms with Crippen molar-refractivity contribution < 1.29 is 23.9 Å². The average Bonchev–Trinajstić information content (AvgIpc) is 3.21. The van der Waals surface area contributed by atoms with Crippen LogP contribution in [0.4, 0.5) is 10.5 Å². The van der Waals surface area contributed by atoms with Gasteiger partial charge in [0.2, 0.25) is 0 Å². The minimum Gasteiger partial charge on any atom is -0.423 e. The minimum atomic E-state index is -0.772. The van der Waals surface area contributed by atoms with Gasteiger partial charge in [0, 0.05) is 6.08 Å². The van der Waals surface area contributed by atoms with Crippen molar-refractivity contribution in [2.75, 3.05) is 5.01 Å². The molecule has 0 saturated carbocycles. The second-order valence-corrected chi connectivity index (χ2v) is 7.55. The van der Waals surface area contributed by atoms with E-state index in [9.17, 15) is 19.2 Å². The highest BCUT2D eigenvalue weighted by atomic mass is 32.2. The van der Waals surface area contributed by atoms with E-state index in [0.29, 0.717) is 28.7 Å². The molecule has 0 aliphatic carbocycles. The quantitative estimate of drug-likeness (QED) is 0.451. The number of nitrogens with zero attached hydrogens (tertiary/aromatic N) is 2. The molecule has 0 atom stereocenters. The maximum atomic E-state index is 12.8. The summed E-state index contributed by atoms with van der Waals surface area (Å²) < 4.78 is 5.16. The second-order valence-electron chi connectivity index (χ2n) is 6.54. The maximum Gasteiger partial charge on any atom is 0.337 e. The number of ether oxygens (including phenoxy) is 1. The molecule has 2 aromatic carbocycles. The lowest BCUT2D eigenvalue weighted by Gasteiger charge is -2.11. The molecule has 0 radical (unpaired) electrons. The van der Waals surface area contributed by atoms with Gasteiger partial charge in [0.05, 0.1) is 21.9 Å². The van der Waals surface area contributed by atoms with Gasteiger partial charge in [-0.1, -0.05) is 30.3 Å². The van der Waals surface area contributed by atoms with Gasteiger partial charge in [-0.05, 0) is 54.6 Å². The third-order valence-electron chi connectivity index (χ3n) is 4.36. The molecule has 0 bridgehead atoms. The highest BCUT2D eigenvalue weighted by Gasteiger charge is 2.28. The number of rotatable bonds is 4. The van der Waals surface area contributed by atoms with Crippen LogP contribution in [0, 0.1) is 0 Å². The van der Waals surface area contributed by atoms with Crippen LogP contribution >= 0.6 is 11.8 Å². The van der Waals surface area contributed by atoms with Gasteiger partial charge in [-0.2, -0.15) is 10.1 Å². The fourth-order valence-electron chi connectivity index (χ4n) is 2.90. The Morgan fingerprint density at radius 2 is 1.77 bits per heavy atom. The molecule has 2 heterocycles. The summed E-state index contributed by atoms with van der Waals surface area (Å²) in [7, 11) is 0. The van der Waals surface area contributed by atoms with Gasteiger partial charge in [0.15, 0.2) is 0 Å². The van der Waals surface area contributed by atoms with E-state index in [1.165, 1.54) is 5.01 Å². The van der Waals surface area contributed by atoms with Crippen LogP contribution in [0.25, 0.3) is 6.08 Å². The number of hydrazone groups is 1. The third kappa shape index (κ3) is 4.46. The lowest BCUT2D eigenvalue weighted by Crippen LogP contribution is -2.21. The molecule has 0 aromatic heterocycles. The van der Waals surface area contributed by atoms with Crippen LogP contribution in [0.15, 0.2) is 76.3 Å². The number of carbonyl (C=O) groups is 4. The van der Waals surface area contributed by atoms with E-state index in [-0.39, 0.29) is 16.6 Å². The molecule has 1 saturated heterocycles. The molecule has 1 fully saturated rings. The van der Waals surface area contributed by atoms with Crippen LogP contribution in [0.1, 0.15) is 12.5 Å². The number of imide groups is 1. The zero-order valence-corrected chi connectivity index (χ0v) is 17.0. The molecule has 2 aromatic rings. The first kappa shape index (κ1) is 20.3. The van der Waals surface area contributed by atoms with Crippen molar-refractivity contribution in [3.8, 4) is 5.75 Å². The SMILES string of the molecule is CC1=NN(c2ccccc2)C(=O)C1=Cc1ccc(OC(=O)C=C2SC(=O)NC2=O)cc1. The van der Waals surface area contributed by atoms with Crippen LogP contribution in [-0.4, -0.2) is 28.7 Å². The molecule has 0 unspecified atom stereocenters. The van der Waals surface area contributed by atoms with Crippen molar-refractivity contribution in [1.82, 2.24) is 5.32 Å². The minimum absolute atomic E-state index is 0.0196. The van der Waals surface area contributed by atoms with Crippen molar-refractivity contribution in [2.24, 2.45) is 5.10 Å². The standard InChI is InChI=1S/C22H15N3O5S/c1-13-17(21(28)25(24-13)15-5-3-2-4-6-15)11-14-7-9-16(10-8-14)30-19(26)12-18-20(27)23-22(29)31-18/h2-12H,1H3,(H,23,27,29). The van der Waals surface area contributed by atoms with E-state index in [1.807, 2.05) is 18.2 Å². The highest BCUT2D eigenvalue weighted by Crippen LogP contribution is 2.26. The monoisotopic (exact) mass is 433 g/mol. The van der Waals surface area contributed by atoms with Crippen LogP contribution in [-0.2, 0) is 14.4 Å². The Bertz CT molecular complexity index is 1180. The van der Waals surface area contributed by atoms with Crippen molar-refractivity contribution >= 4 is 52.3 Å². The summed E-state index contributed by atoms with van der Waals surface area (Å²) in [6, 6.07) is 15.7. The molecule has 154 valence electrons. The lowest BCUT2D eigenvalue weighted by atomic mass is 10.1. The molecular weight excluding hydrogens is 418 g/mol. The smallest absolute Gasteiger partial charge is 0.337 e. The number of amides is 3. The summed E-state index contributed by atoms with van der Waals surface area (Å²) in [6.45, 7) is 1.76. The van der Waals surface area contributed by atoms with Crippen LogP contribution in [0.3, 0.4) is 0 Å². The zero-order chi connectivity index (χ0) is 22.0. The Labute approximate surface area is 181 Å². The molecule has 4 rings (SSSR count).